The number of methoxy groups -OCH3 is 1. The van der Waals surface area contributed by atoms with Gasteiger partial charge in [-0.1, -0.05) is 18.2 Å². The average molecular weight is 363 g/mol. The number of para-hydroxylation sites is 1. The van der Waals surface area contributed by atoms with Crippen LogP contribution < -0.4 is 25.3 Å². The van der Waals surface area contributed by atoms with E-state index < -0.39 is 0 Å². The van der Waals surface area contributed by atoms with Crippen molar-refractivity contribution in [3.8, 4) is 28.6 Å². The lowest BCUT2D eigenvalue weighted by Crippen LogP contribution is -2.16. The third kappa shape index (κ3) is 3.52. The van der Waals surface area contributed by atoms with E-state index >= 15 is 0 Å². The van der Waals surface area contributed by atoms with Crippen LogP contribution in [-0.4, -0.2) is 25.3 Å². The summed E-state index contributed by atoms with van der Waals surface area (Å²) in [6.07, 6.45) is 0. The number of anilines is 2. The summed E-state index contributed by atoms with van der Waals surface area (Å²) >= 11 is 0. The number of nitrogens with zero attached hydrogens (tertiary/aromatic N) is 1. The van der Waals surface area contributed by atoms with Gasteiger partial charge in [-0.05, 0) is 42.0 Å². The molecule has 0 spiro atoms. The van der Waals surface area contributed by atoms with E-state index in [1.807, 2.05) is 54.6 Å². The molecule has 2 heterocycles. The first kappa shape index (κ1) is 17.2. The molecule has 0 saturated carbocycles. The normalized spacial score (nSPS) is 12.5. The fourth-order valence-corrected chi connectivity index (χ4v) is 3.05. The van der Waals surface area contributed by atoms with Gasteiger partial charge in [-0.2, -0.15) is 0 Å². The average Bonchev–Trinajstić information content (AvgIpc) is 2.74. The number of nitrogens with two attached hydrogens (primary N) is 1. The van der Waals surface area contributed by atoms with Gasteiger partial charge in [0.15, 0.2) is 11.5 Å². The van der Waals surface area contributed by atoms with E-state index in [0.717, 1.165) is 39.7 Å². The SMILES string of the molecule is COc1nc(-c2cccc3c2OCCO3)ccc1Nc1cccc(CN)c1. The quantitative estimate of drug-likeness (QED) is 0.719. The summed E-state index contributed by atoms with van der Waals surface area (Å²) in [5.41, 5.74) is 10.1. The number of benzene rings is 2. The second-order valence-electron chi connectivity index (χ2n) is 6.11. The predicted molar refractivity (Wildman–Crippen MR) is 105 cm³/mol. The first-order chi connectivity index (χ1) is 13.3. The zero-order valence-electron chi connectivity index (χ0n) is 15.1. The zero-order chi connectivity index (χ0) is 18.6. The van der Waals surface area contributed by atoms with Gasteiger partial charge < -0.3 is 25.3 Å². The van der Waals surface area contributed by atoms with Gasteiger partial charge in [0.05, 0.1) is 12.8 Å². The molecular weight excluding hydrogens is 342 g/mol. The Kier molecular flexibility index (Phi) is 4.80. The van der Waals surface area contributed by atoms with Crippen LogP contribution in [0.5, 0.6) is 17.4 Å². The fourth-order valence-electron chi connectivity index (χ4n) is 3.05. The molecule has 6 nitrogen and oxygen atoms in total. The van der Waals surface area contributed by atoms with Crippen molar-refractivity contribution in [1.82, 2.24) is 4.98 Å². The molecule has 0 aliphatic carbocycles. The van der Waals surface area contributed by atoms with E-state index in [2.05, 4.69) is 10.3 Å². The monoisotopic (exact) mass is 363 g/mol. The van der Waals surface area contributed by atoms with Crippen molar-refractivity contribution >= 4 is 11.4 Å². The molecule has 1 aliphatic heterocycles. The molecule has 1 aliphatic rings. The number of fused-ring (bicyclic) bond motifs is 1. The third-order valence-corrected chi connectivity index (χ3v) is 4.34. The van der Waals surface area contributed by atoms with Gasteiger partial charge in [0.1, 0.15) is 18.9 Å². The van der Waals surface area contributed by atoms with Crippen molar-refractivity contribution < 1.29 is 14.2 Å². The molecule has 3 aromatic rings. The molecule has 138 valence electrons. The van der Waals surface area contributed by atoms with Crippen molar-refractivity contribution in [2.75, 3.05) is 25.6 Å². The second-order valence-corrected chi connectivity index (χ2v) is 6.11. The number of aromatic nitrogens is 1. The molecular formula is C21H21N3O3. The Labute approximate surface area is 157 Å². The standard InChI is InChI=1S/C21H21N3O3/c1-25-21-18(23-15-5-2-4-14(12-15)13-22)9-8-17(24-21)16-6-3-7-19-20(16)27-11-10-26-19/h2-9,12,23H,10-11,13,22H2,1H3. The molecule has 2 aromatic carbocycles. The summed E-state index contributed by atoms with van der Waals surface area (Å²) in [4.78, 5) is 4.66. The maximum atomic E-state index is 5.80. The summed E-state index contributed by atoms with van der Waals surface area (Å²) in [5.74, 6) is 1.95. The largest absolute Gasteiger partial charge is 0.486 e. The highest BCUT2D eigenvalue weighted by atomic mass is 16.6. The molecule has 3 N–H and O–H groups in total. The fraction of sp³-hybridized carbons (Fsp3) is 0.190. The number of hydrogen-bond acceptors (Lipinski definition) is 6. The summed E-state index contributed by atoms with van der Waals surface area (Å²) in [7, 11) is 1.60. The topological polar surface area (TPSA) is 78.6 Å². The highest BCUT2D eigenvalue weighted by Crippen LogP contribution is 2.40. The lowest BCUT2D eigenvalue weighted by Gasteiger charge is -2.21. The minimum Gasteiger partial charge on any atom is -0.486 e. The predicted octanol–water partition coefficient (Wildman–Crippen LogP) is 3.73. The van der Waals surface area contributed by atoms with Gasteiger partial charge in [0.2, 0.25) is 5.88 Å². The van der Waals surface area contributed by atoms with Crippen LogP contribution in [0.4, 0.5) is 11.4 Å². The summed E-state index contributed by atoms with van der Waals surface area (Å²) in [5, 5.41) is 3.34. The second kappa shape index (κ2) is 7.55. The van der Waals surface area contributed by atoms with Crippen LogP contribution in [0.1, 0.15) is 5.56 Å². The highest BCUT2D eigenvalue weighted by Gasteiger charge is 2.18. The Morgan fingerprint density at radius 3 is 2.78 bits per heavy atom. The molecule has 4 rings (SSSR count). The maximum Gasteiger partial charge on any atom is 0.238 e. The van der Waals surface area contributed by atoms with E-state index in [1.54, 1.807) is 7.11 Å². The van der Waals surface area contributed by atoms with Crippen LogP contribution >= 0.6 is 0 Å². The van der Waals surface area contributed by atoms with Crippen molar-refractivity contribution in [3.63, 3.8) is 0 Å². The van der Waals surface area contributed by atoms with Gasteiger partial charge in [-0.3, -0.25) is 0 Å². The molecule has 1 aromatic heterocycles. The third-order valence-electron chi connectivity index (χ3n) is 4.34. The van der Waals surface area contributed by atoms with Crippen LogP contribution in [-0.2, 0) is 6.54 Å². The first-order valence-corrected chi connectivity index (χ1v) is 8.78. The minimum absolute atomic E-state index is 0.491. The Morgan fingerprint density at radius 2 is 1.93 bits per heavy atom. The number of ether oxygens (including phenoxy) is 3. The van der Waals surface area contributed by atoms with Crippen LogP contribution in [0, 0.1) is 0 Å². The smallest absolute Gasteiger partial charge is 0.238 e. The van der Waals surface area contributed by atoms with Crippen LogP contribution in [0.2, 0.25) is 0 Å². The van der Waals surface area contributed by atoms with E-state index in [9.17, 15) is 0 Å². The van der Waals surface area contributed by atoms with E-state index in [-0.39, 0.29) is 0 Å². The van der Waals surface area contributed by atoms with Crippen LogP contribution in [0.3, 0.4) is 0 Å². The highest BCUT2D eigenvalue weighted by molar-refractivity contribution is 5.74. The molecule has 6 heteroatoms. The zero-order valence-corrected chi connectivity index (χ0v) is 15.1. The Morgan fingerprint density at radius 1 is 1.07 bits per heavy atom. The van der Waals surface area contributed by atoms with Gasteiger partial charge >= 0.3 is 0 Å². The number of rotatable bonds is 5. The van der Waals surface area contributed by atoms with E-state index in [4.69, 9.17) is 19.9 Å². The molecule has 0 saturated heterocycles. The van der Waals surface area contributed by atoms with Crippen molar-refractivity contribution in [1.29, 1.82) is 0 Å². The number of nitrogens with one attached hydrogen (secondary N) is 1. The summed E-state index contributed by atoms with van der Waals surface area (Å²) in [6.45, 7) is 1.57. The lowest BCUT2D eigenvalue weighted by atomic mass is 10.1. The van der Waals surface area contributed by atoms with Gasteiger partial charge in [-0.15, -0.1) is 0 Å². The molecule has 0 fully saturated rings. The van der Waals surface area contributed by atoms with Gasteiger partial charge in [-0.25, -0.2) is 4.98 Å². The van der Waals surface area contributed by atoms with Crippen LogP contribution in [0.25, 0.3) is 11.3 Å². The Balaban J connectivity index is 1.68. The number of hydrogen-bond donors (Lipinski definition) is 2. The van der Waals surface area contributed by atoms with Gasteiger partial charge in [0.25, 0.3) is 0 Å². The minimum atomic E-state index is 0.491. The molecule has 27 heavy (non-hydrogen) atoms. The lowest BCUT2D eigenvalue weighted by molar-refractivity contribution is 0.172. The summed E-state index contributed by atoms with van der Waals surface area (Å²) in [6, 6.07) is 17.6. The Bertz CT molecular complexity index is 959. The maximum absolute atomic E-state index is 5.80. The van der Waals surface area contributed by atoms with Gasteiger partial charge in [0, 0.05) is 17.8 Å². The van der Waals surface area contributed by atoms with Crippen molar-refractivity contribution in [3.05, 3.63) is 60.2 Å². The van der Waals surface area contributed by atoms with E-state index in [0.29, 0.717) is 25.6 Å². The molecule has 0 atom stereocenters. The molecule has 0 unspecified atom stereocenters. The Hall–Kier alpha value is -3.25. The van der Waals surface area contributed by atoms with Crippen molar-refractivity contribution in [2.24, 2.45) is 5.73 Å². The van der Waals surface area contributed by atoms with Crippen molar-refractivity contribution in [2.45, 2.75) is 6.54 Å². The number of pyridine rings is 1. The van der Waals surface area contributed by atoms with E-state index in [1.165, 1.54) is 0 Å². The molecule has 0 bridgehead atoms. The summed E-state index contributed by atoms with van der Waals surface area (Å²) < 4.78 is 17.0. The molecule has 0 amide bonds. The molecule has 0 radical (unpaired) electrons. The van der Waals surface area contributed by atoms with Crippen LogP contribution in [0.15, 0.2) is 54.6 Å². The first-order valence-electron chi connectivity index (χ1n) is 8.78.